The molecule has 1 fully saturated rings. The maximum atomic E-state index is 13.8. The van der Waals surface area contributed by atoms with Crippen molar-refractivity contribution in [3.05, 3.63) is 78.4 Å². The predicted octanol–water partition coefficient (Wildman–Crippen LogP) is 2.76. The Balaban J connectivity index is 1.36. The third-order valence-electron chi connectivity index (χ3n) is 7.32. The summed E-state index contributed by atoms with van der Waals surface area (Å²) in [5.74, 6) is 0.0958. The van der Waals surface area contributed by atoms with Crippen molar-refractivity contribution < 1.29 is 37.3 Å². The number of fused-ring (bicyclic) bond motifs is 1. The van der Waals surface area contributed by atoms with Gasteiger partial charge in [-0.25, -0.2) is 13.2 Å². The highest BCUT2D eigenvalue weighted by Crippen LogP contribution is 2.35. The van der Waals surface area contributed by atoms with Crippen LogP contribution in [0.3, 0.4) is 0 Å². The summed E-state index contributed by atoms with van der Waals surface area (Å²) in [5.41, 5.74) is 7.62. The van der Waals surface area contributed by atoms with Gasteiger partial charge in [0, 0.05) is 30.5 Å². The lowest BCUT2D eigenvalue weighted by atomic mass is 10.0. The summed E-state index contributed by atoms with van der Waals surface area (Å²) in [5, 5.41) is 14.3. The average molecular weight is 625 g/mol. The largest absolute Gasteiger partial charge is 0.454 e. The number of benzene rings is 3. The molecular weight excluding hydrogens is 588 g/mol. The molecule has 0 radical (unpaired) electrons. The molecule has 5 rings (SSSR count). The van der Waals surface area contributed by atoms with E-state index in [1.807, 2.05) is 44.2 Å². The SMILES string of the molecule is CC(C)CN(C[C@@H](O)[C@H](Cc1ccccc1)NC(=O)[C@@H]1CN(c2cccc(N)c2)C(=O)O1)S(=O)(=O)c1ccc2c(c1)OCO2. The minimum atomic E-state index is -4.07. The lowest BCUT2D eigenvalue weighted by molar-refractivity contribution is -0.129. The van der Waals surface area contributed by atoms with Crippen LogP contribution in [0, 0.1) is 5.92 Å². The molecule has 13 heteroatoms. The van der Waals surface area contributed by atoms with Gasteiger partial charge in [-0.2, -0.15) is 4.31 Å². The Labute approximate surface area is 256 Å². The van der Waals surface area contributed by atoms with E-state index in [4.69, 9.17) is 19.9 Å². The highest BCUT2D eigenvalue weighted by Gasteiger charge is 2.39. The second-order valence-electron chi connectivity index (χ2n) is 11.2. The normalized spacial score (nSPS) is 17.5. The van der Waals surface area contributed by atoms with Crippen LogP contribution in [0.5, 0.6) is 11.5 Å². The monoisotopic (exact) mass is 624 g/mol. The quantitative estimate of drug-likeness (QED) is 0.258. The molecule has 2 aliphatic rings. The van der Waals surface area contributed by atoms with Gasteiger partial charge in [0.15, 0.2) is 17.6 Å². The summed E-state index contributed by atoms with van der Waals surface area (Å²) in [4.78, 5) is 27.3. The van der Waals surface area contributed by atoms with Gasteiger partial charge in [0.25, 0.3) is 5.91 Å². The molecule has 2 amide bonds. The number of aliphatic hydroxyl groups is 1. The van der Waals surface area contributed by atoms with Gasteiger partial charge < -0.3 is 30.4 Å². The number of cyclic esters (lactones) is 1. The maximum Gasteiger partial charge on any atom is 0.415 e. The minimum absolute atomic E-state index is 0.00158. The van der Waals surface area contributed by atoms with Gasteiger partial charge in [0.05, 0.1) is 23.6 Å². The lowest BCUT2D eigenvalue weighted by Gasteiger charge is -2.31. The fraction of sp³-hybridized carbons (Fsp3) is 0.355. The van der Waals surface area contributed by atoms with Crippen LogP contribution in [0.2, 0.25) is 0 Å². The first-order chi connectivity index (χ1) is 21.0. The summed E-state index contributed by atoms with van der Waals surface area (Å²) in [6, 6.07) is 19.3. The van der Waals surface area contributed by atoms with E-state index >= 15 is 0 Å². The molecule has 0 saturated carbocycles. The van der Waals surface area contributed by atoms with Crippen molar-refractivity contribution in [2.75, 3.05) is 37.1 Å². The number of nitrogens with one attached hydrogen (secondary N) is 1. The van der Waals surface area contributed by atoms with Crippen molar-refractivity contribution in [1.82, 2.24) is 9.62 Å². The number of hydrogen-bond donors (Lipinski definition) is 3. The molecule has 0 bridgehead atoms. The van der Waals surface area contributed by atoms with Crippen LogP contribution in [-0.4, -0.2) is 74.5 Å². The van der Waals surface area contributed by atoms with E-state index in [0.717, 1.165) is 5.56 Å². The molecule has 1 saturated heterocycles. The number of carbonyl (C=O) groups is 2. The minimum Gasteiger partial charge on any atom is -0.454 e. The third-order valence-corrected chi connectivity index (χ3v) is 9.15. The van der Waals surface area contributed by atoms with E-state index in [1.165, 1.54) is 27.4 Å². The smallest absolute Gasteiger partial charge is 0.415 e. The zero-order chi connectivity index (χ0) is 31.4. The van der Waals surface area contributed by atoms with E-state index in [0.29, 0.717) is 22.9 Å². The van der Waals surface area contributed by atoms with Gasteiger partial charge in [0.2, 0.25) is 16.8 Å². The van der Waals surface area contributed by atoms with Crippen molar-refractivity contribution in [3.8, 4) is 11.5 Å². The molecular formula is C31H36N4O8S. The van der Waals surface area contributed by atoms with E-state index in [1.54, 1.807) is 24.3 Å². The Morgan fingerprint density at radius 3 is 2.52 bits per heavy atom. The Hall–Kier alpha value is -4.33. The Bertz CT molecular complexity index is 1600. The van der Waals surface area contributed by atoms with Crippen molar-refractivity contribution in [1.29, 1.82) is 0 Å². The second-order valence-corrected chi connectivity index (χ2v) is 13.1. The van der Waals surface area contributed by atoms with Gasteiger partial charge >= 0.3 is 6.09 Å². The van der Waals surface area contributed by atoms with Crippen LogP contribution < -0.4 is 25.4 Å². The molecule has 234 valence electrons. The average Bonchev–Trinajstić information content (AvgIpc) is 3.63. The molecule has 4 N–H and O–H groups in total. The predicted molar refractivity (Wildman–Crippen MR) is 163 cm³/mol. The number of aliphatic hydroxyl groups excluding tert-OH is 1. The van der Waals surface area contributed by atoms with Crippen molar-refractivity contribution in [2.45, 2.75) is 43.4 Å². The Morgan fingerprint density at radius 2 is 1.80 bits per heavy atom. The first-order valence-electron chi connectivity index (χ1n) is 14.3. The summed E-state index contributed by atoms with van der Waals surface area (Å²) in [7, 11) is -4.07. The number of amides is 2. The maximum absolute atomic E-state index is 13.8. The molecule has 3 atom stereocenters. The zero-order valence-electron chi connectivity index (χ0n) is 24.5. The van der Waals surface area contributed by atoms with Crippen molar-refractivity contribution in [2.24, 2.45) is 5.92 Å². The first kappa shape index (κ1) is 31.1. The summed E-state index contributed by atoms with van der Waals surface area (Å²) >= 11 is 0. The zero-order valence-corrected chi connectivity index (χ0v) is 25.3. The number of nitrogens with two attached hydrogens (primary N) is 1. The van der Waals surface area contributed by atoms with Crippen molar-refractivity contribution >= 4 is 33.4 Å². The lowest BCUT2D eigenvalue weighted by Crippen LogP contribution is -2.53. The van der Waals surface area contributed by atoms with Crippen LogP contribution in [0.1, 0.15) is 19.4 Å². The summed E-state index contributed by atoms with van der Waals surface area (Å²) < 4.78 is 44.9. The number of anilines is 2. The standard InChI is InChI=1S/C31H36N4O8S/c1-20(2)16-34(44(39,40)24-11-12-27-28(15-24)42-19-41-27)17-26(36)25(13-21-7-4-3-5-8-21)33-30(37)29-18-35(31(38)43-29)23-10-6-9-22(32)14-23/h3-12,14-15,20,25-26,29,36H,13,16-19,32H2,1-2H3,(H,33,37)/t25-,26+,29-/m0/s1. The fourth-order valence-electron chi connectivity index (χ4n) is 5.13. The summed E-state index contributed by atoms with van der Waals surface area (Å²) in [6.07, 6.45) is -2.97. The molecule has 3 aromatic rings. The number of carbonyl (C=O) groups excluding carboxylic acids is 2. The van der Waals surface area contributed by atoms with Crippen LogP contribution in [0.15, 0.2) is 77.7 Å². The van der Waals surface area contributed by atoms with Crippen LogP contribution >= 0.6 is 0 Å². The molecule has 2 heterocycles. The molecule has 3 aromatic carbocycles. The molecule has 0 unspecified atom stereocenters. The third kappa shape index (κ3) is 7.07. The summed E-state index contributed by atoms with van der Waals surface area (Å²) in [6.45, 7) is 3.51. The van der Waals surface area contributed by atoms with Crippen LogP contribution in [-0.2, 0) is 26.0 Å². The second kappa shape index (κ2) is 13.1. The highest BCUT2D eigenvalue weighted by atomic mass is 32.2. The fourth-order valence-corrected chi connectivity index (χ4v) is 6.77. The Morgan fingerprint density at radius 1 is 1.05 bits per heavy atom. The van der Waals surface area contributed by atoms with E-state index in [9.17, 15) is 23.1 Å². The number of nitrogens with zero attached hydrogens (tertiary/aromatic N) is 2. The molecule has 44 heavy (non-hydrogen) atoms. The van der Waals surface area contributed by atoms with Gasteiger partial charge in [-0.15, -0.1) is 0 Å². The van der Waals surface area contributed by atoms with Gasteiger partial charge in [-0.05, 0) is 48.2 Å². The number of sulfonamides is 1. The molecule has 0 spiro atoms. The number of rotatable bonds is 12. The molecule has 0 aromatic heterocycles. The van der Waals surface area contributed by atoms with Crippen LogP contribution in [0.25, 0.3) is 0 Å². The van der Waals surface area contributed by atoms with E-state index in [2.05, 4.69) is 5.32 Å². The number of nitrogen functional groups attached to an aromatic ring is 1. The van der Waals surface area contributed by atoms with Gasteiger partial charge in [-0.3, -0.25) is 9.69 Å². The van der Waals surface area contributed by atoms with E-state index in [-0.39, 0.29) is 43.7 Å². The number of ether oxygens (including phenoxy) is 3. The highest BCUT2D eigenvalue weighted by molar-refractivity contribution is 7.89. The Kier molecular flexibility index (Phi) is 9.28. The van der Waals surface area contributed by atoms with Crippen LogP contribution in [0.4, 0.5) is 16.2 Å². The van der Waals surface area contributed by atoms with Crippen molar-refractivity contribution in [3.63, 3.8) is 0 Å². The van der Waals surface area contributed by atoms with E-state index < -0.39 is 40.3 Å². The molecule has 12 nitrogen and oxygen atoms in total. The first-order valence-corrected chi connectivity index (χ1v) is 15.7. The molecule has 0 aliphatic carbocycles. The van der Waals surface area contributed by atoms with Gasteiger partial charge in [-0.1, -0.05) is 50.2 Å². The molecule has 2 aliphatic heterocycles. The number of hydrogen-bond acceptors (Lipinski definition) is 9. The van der Waals surface area contributed by atoms with Gasteiger partial charge in [0.1, 0.15) is 0 Å². The topological polar surface area (TPSA) is 161 Å².